The molecule has 1 aliphatic heterocycles. The van der Waals surface area contributed by atoms with E-state index in [1.165, 1.54) is 5.56 Å². The summed E-state index contributed by atoms with van der Waals surface area (Å²) in [5.74, 6) is -0.957. The van der Waals surface area contributed by atoms with Gasteiger partial charge in [-0.1, -0.05) is 30.3 Å². The monoisotopic (exact) mass is 381 g/mol. The molecular weight excluding hydrogens is 358 g/mol. The number of nitro groups is 1. The van der Waals surface area contributed by atoms with Gasteiger partial charge in [-0.25, -0.2) is 4.79 Å². The SMILES string of the molecule is O=C(O)/C=C/CNCCCN1c2ccccc2CCc2ccc([N+](=O)[O-])cc21. The van der Waals surface area contributed by atoms with E-state index in [0.717, 1.165) is 42.3 Å². The summed E-state index contributed by atoms with van der Waals surface area (Å²) in [5, 5.41) is 23.0. The Hall–Kier alpha value is -3.19. The zero-order valence-corrected chi connectivity index (χ0v) is 15.5. The third-order valence-electron chi connectivity index (χ3n) is 4.77. The van der Waals surface area contributed by atoms with E-state index < -0.39 is 5.97 Å². The van der Waals surface area contributed by atoms with E-state index in [1.807, 2.05) is 18.2 Å². The predicted octanol–water partition coefficient (Wildman–Crippen LogP) is 3.45. The van der Waals surface area contributed by atoms with Crippen LogP contribution in [0.25, 0.3) is 0 Å². The largest absolute Gasteiger partial charge is 0.478 e. The number of para-hydroxylation sites is 1. The summed E-state index contributed by atoms with van der Waals surface area (Å²) in [5.41, 5.74) is 4.43. The number of carboxylic acid groups (broad SMARTS) is 1. The molecule has 7 heteroatoms. The van der Waals surface area contributed by atoms with Gasteiger partial charge in [0, 0.05) is 37.0 Å². The average Bonchev–Trinajstić information content (AvgIpc) is 2.83. The lowest BCUT2D eigenvalue weighted by Gasteiger charge is -2.27. The summed E-state index contributed by atoms with van der Waals surface area (Å²) in [6.07, 6.45) is 5.25. The van der Waals surface area contributed by atoms with Crippen molar-refractivity contribution in [3.8, 4) is 0 Å². The molecule has 28 heavy (non-hydrogen) atoms. The number of nitrogens with zero attached hydrogens (tertiary/aromatic N) is 2. The molecule has 1 aliphatic rings. The van der Waals surface area contributed by atoms with Crippen molar-refractivity contribution in [3.63, 3.8) is 0 Å². The molecule has 2 aromatic carbocycles. The van der Waals surface area contributed by atoms with E-state index >= 15 is 0 Å². The number of nitro benzene ring substituents is 1. The highest BCUT2D eigenvalue weighted by Gasteiger charge is 2.22. The number of fused-ring (bicyclic) bond motifs is 2. The van der Waals surface area contributed by atoms with E-state index in [0.29, 0.717) is 19.6 Å². The number of hydrogen-bond acceptors (Lipinski definition) is 5. The van der Waals surface area contributed by atoms with Gasteiger partial charge < -0.3 is 15.3 Å². The van der Waals surface area contributed by atoms with Gasteiger partial charge in [0.05, 0.1) is 10.6 Å². The first-order chi connectivity index (χ1) is 13.6. The van der Waals surface area contributed by atoms with Crippen LogP contribution in [0.2, 0.25) is 0 Å². The van der Waals surface area contributed by atoms with E-state index in [4.69, 9.17) is 5.11 Å². The molecule has 0 radical (unpaired) electrons. The minimum Gasteiger partial charge on any atom is -0.478 e. The molecule has 2 aromatic rings. The molecule has 3 rings (SSSR count). The van der Waals surface area contributed by atoms with E-state index in [-0.39, 0.29) is 10.6 Å². The summed E-state index contributed by atoms with van der Waals surface area (Å²) in [4.78, 5) is 23.5. The van der Waals surface area contributed by atoms with Gasteiger partial charge in [-0.3, -0.25) is 10.1 Å². The number of nitrogens with one attached hydrogen (secondary N) is 1. The number of anilines is 2. The van der Waals surface area contributed by atoms with Gasteiger partial charge in [0.1, 0.15) is 0 Å². The van der Waals surface area contributed by atoms with E-state index in [2.05, 4.69) is 22.3 Å². The fraction of sp³-hybridized carbons (Fsp3) is 0.286. The van der Waals surface area contributed by atoms with Crippen molar-refractivity contribution in [2.75, 3.05) is 24.5 Å². The number of aryl methyl sites for hydroxylation is 2. The third kappa shape index (κ3) is 4.75. The first-order valence-electron chi connectivity index (χ1n) is 9.29. The first-order valence-corrected chi connectivity index (χ1v) is 9.29. The Morgan fingerprint density at radius 2 is 1.93 bits per heavy atom. The highest BCUT2D eigenvalue weighted by atomic mass is 16.6. The third-order valence-corrected chi connectivity index (χ3v) is 4.77. The van der Waals surface area contributed by atoms with Crippen molar-refractivity contribution >= 4 is 23.0 Å². The van der Waals surface area contributed by atoms with Gasteiger partial charge >= 0.3 is 5.97 Å². The van der Waals surface area contributed by atoms with Gasteiger partial charge in [0.25, 0.3) is 5.69 Å². The molecule has 0 aliphatic carbocycles. The molecule has 0 unspecified atom stereocenters. The topological polar surface area (TPSA) is 95.7 Å². The van der Waals surface area contributed by atoms with Crippen LogP contribution >= 0.6 is 0 Å². The number of carbonyl (C=O) groups is 1. The molecule has 146 valence electrons. The smallest absolute Gasteiger partial charge is 0.328 e. The maximum atomic E-state index is 11.3. The number of aliphatic carboxylic acids is 1. The van der Waals surface area contributed by atoms with Crippen LogP contribution in [0.1, 0.15) is 17.5 Å². The van der Waals surface area contributed by atoms with Crippen LogP contribution in [-0.2, 0) is 17.6 Å². The minimum atomic E-state index is -0.957. The maximum Gasteiger partial charge on any atom is 0.328 e. The fourth-order valence-electron chi connectivity index (χ4n) is 3.46. The van der Waals surface area contributed by atoms with Gasteiger partial charge in [-0.05, 0) is 43.0 Å². The highest BCUT2D eigenvalue weighted by molar-refractivity contribution is 5.79. The predicted molar refractivity (Wildman–Crippen MR) is 108 cm³/mol. The molecule has 0 atom stereocenters. The normalized spacial score (nSPS) is 13.1. The molecule has 0 saturated carbocycles. The summed E-state index contributed by atoms with van der Waals surface area (Å²) >= 11 is 0. The number of benzene rings is 2. The zero-order chi connectivity index (χ0) is 19.9. The first kappa shape index (κ1) is 19.6. The zero-order valence-electron chi connectivity index (χ0n) is 15.5. The van der Waals surface area contributed by atoms with Crippen molar-refractivity contribution < 1.29 is 14.8 Å². The summed E-state index contributed by atoms with van der Waals surface area (Å²) < 4.78 is 0. The van der Waals surface area contributed by atoms with Crippen LogP contribution in [0, 0.1) is 10.1 Å². The maximum absolute atomic E-state index is 11.3. The van der Waals surface area contributed by atoms with Crippen LogP contribution in [-0.4, -0.2) is 35.6 Å². The molecular formula is C21H23N3O4. The second kappa shape index (κ2) is 9.14. The lowest BCUT2D eigenvalue weighted by Crippen LogP contribution is -2.24. The Morgan fingerprint density at radius 3 is 2.68 bits per heavy atom. The van der Waals surface area contributed by atoms with Crippen LogP contribution < -0.4 is 10.2 Å². The van der Waals surface area contributed by atoms with E-state index in [9.17, 15) is 14.9 Å². The number of carboxylic acids is 1. The van der Waals surface area contributed by atoms with Crippen molar-refractivity contribution in [1.29, 1.82) is 0 Å². The van der Waals surface area contributed by atoms with Crippen LogP contribution in [0.4, 0.5) is 17.1 Å². The second-order valence-electron chi connectivity index (χ2n) is 6.65. The minimum absolute atomic E-state index is 0.0973. The number of hydrogen-bond donors (Lipinski definition) is 2. The Balaban J connectivity index is 1.77. The fourth-order valence-corrected chi connectivity index (χ4v) is 3.46. The van der Waals surface area contributed by atoms with Gasteiger partial charge in [-0.2, -0.15) is 0 Å². The van der Waals surface area contributed by atoms with Crippen molar-refractivity contribution in [2.24, 2.45) is 0 Å². The summed E-state index contributed by atoms with van der Waals surface area (Å²) in [6.45, 7) is 1.92. The Bertz CT molecular complexity index is 895. The molecule has 7 nitrogen and oxygen atoms in total. The number of non-ortho nitro benzene ring substituents is 1. The lowest BCUT2D eigenvalue weighted by molar-refractivity contribution is -0.384. The molecule has 0 fully saturated rings. The Kier molecular flexibility index (Phi) is 6.39. The van der Waals surface area contributed by atoms with Crippen molar-refractivity contribution in [3.05, 3.63) is 75.9 Å². The Morgan fingerprint density at radius 1 is 1.18 bits per heavy atom. The molecule has 0 saturated heterocycles. The molecule has 1 heterocycles. The quantitative estimate of drug-likeness (QED) is 0.315. The highest BCUT2D eigenvalue weighted by Crippen LogP contribution is 2.37. The standard InChI is InChI=1S/C21H23N3O4/c25-21(26)7-3-12-22-13-4-14-23-19-6-2-1-5-16(19)8-9-17-10-11-18(24(27)28)15-20(17)23/h1-3,5-7,10-11,15,22H,4,8-9,12-14H2,(H,25,26)/b7-3+. The van der Waals surface area contributed by atoms with Gasteiger partial charge in [-0.15, -0.1) is 0 Å². The summed E-state index contributed by atoms with van der Waals surface area (Å²) in [6, 6.07) is 13.3. The number of rotatable bonds is 8. The molecule has 2 N–H and O–H groups in total. The van der Waals surface area contributed by atoms with Crippen molar-refractivity contribution in [1.82, 2.24) is 5.32 Å². The van der Waals surface area contributed by atoms with Gasteiger partial charge in [0.15, 0.2) is 0 Å². The second-order valence-corrected chi connectivity index (χ2v) is 6.65. The van der Waals surface area contributed by atoms with E-state index in [1.54, 1.807) is 18.2 Å². The molecule has 0 spiro atoms. The Labute approximate surface area is 163 Å². The van der Waals surface area contributed by atoms with Crippen LogP contribution in [0.3, 0.4) is 0 Å². The summed E-state index contributed by atoms with van der Waals surface area (Å²) in [7, 11) is 0. The van der Waals surface area contributed by atoms with Crippen LogP contribution in [0.5, 0.6) is 0 Å². The van der Waals surface area contributed by atoms with Crippen LogP contribution in [0.15, 0.2) is 54.6 Å². The lowest BCUT2D eigenvalue weighted by atomic mass is 10.0. The van der Waals surface area contributed by atoms with Crippen molar-refractivity contribution in [2.45, 2.75) is 19.3 Å². The van der Waals surface area contributed by atoms with Gasteiger partial charge in [0.2, 0.25) is 0 Å². The molecule has 0 amide bonds. The molecule has 0 bridgehead atoms. The molecule has 0 aromatic heterocycles. The average molecular weight is 381 g/mol.